The number of aromatic nitrogens is 2. The molecule has 2 aromatic rings. The van der Waals surface area contributed by atoms with Crippen LogP contribution in [0.4, 0.5) is 15.9 Å². The molecule has 212 valence electrons. The summed E-state index contributed by atoms with van der Waals surface area (Å²) in [5.74, 6) is 0.481. The van der Waals surface area contributed by atoms with Gasteiger partial charge in [0.05, 0.1) is 12.2 Å². The summed E-state index contributed by atoms with van der Waals surface area (Å²) in [6, 6.07) is 3.83. The molecule has 3 aliphatic heterocycles. The lowest BCUT2D eigenvalue weighted by molar-refractivity contribution is -0.128. The molecule has 1 aromatic carbocycles. The zero-order chi connectivity index (χ0) is 28.4. The molecule has 2 fully saturated rings. The highest BCUT2D eigenvalue weighted by Gasteiger charge is 2.35. The Kier molecular flexibility index (Phi) is 8.22. The minimum Gasteiger partial charge on any atom is -0.462 e. The van der Waals surface area contributed by atoms with E-state index in [0.717, 1.165) is 60.7 Å². The molecule has 10 heteroatoms. The molecule has 2 saturated heterocycles. The summed E-state index contributed by atoms with van der Waals surface area (Å²) >= 11 is 0. The molecule has 0 spiro atoms. The van der Waals surface area contributed by atoms with E-state index >= 15 is 0 Å². The van der Waals surface area contributed by atoms with Crippen LogP contribution in [0.15, 0.2) is 24.8 Å². The molecule has 9 nitrogen and oxygen atoms in total. The maximum absolute atomic E-state index is 14.2. The maximum Gasteiger partial charge on any atom is 0.318 e. The normalized spacial score (nSPS) is 21.2. The average Bonchev–Trinajstić information content (AvgIpc) is 3.38. The second-order valence-electron chi connectivity index (χ2n) is 11.0. The zero-order valence-corrected chi connectivity index (χ0v) is 23.7. The summed E-state index contributed by atoms with van der Waals surface area (Å²) in [5.41, 5.74) is 4.58. The predicted molar refractivity (Wildman–Crippen MR) is 153 cm³/mol. The number of fused-ring (bicyclic) bond motifs is 1. The molecule has 0 saturated carbocycles. The number of rotatable bonds is 7. The highest BCUT2D eigenvalue weighted by Crippen LogP contribution is 2.34. The van der Waals surface area contributed by atoms with Crippen LogP contribution >= 0.6 is 0 Å². The SMILES string of the molecule is [C-]#[N+]C[C@H]1CN(c2nc(OC[C@@H]3CCCN3C)nc3c2CCN(c2ccc(F)c(C)c2C)C3)CCN1C(=O)C=C. The first-order valence-corrected chi connectivity index (χ1v) is 14.0. The number of nitrogens with zero attached hydrogens (tertiary/aromatic N) is 7. The summed E-state index contributed by atoms with van der Waals surface area (Å²) < 4.78 is 20.4. The smallest absolute Gasteiger partial charge is 0.318 e. The molecule has 40 heavy (non-hydrogen) atoms. The number of piperazine rings is 1. The van der Waals surface area contributed by atoms with Crippen molar-refractivity contribution >= 4 is 17.4 Å². The molecular formula is C30H38FN7O2. The molecule has 3 aliphatic rings. The Balaban J connectivity index is 1.46. The van der Waals surface area contributed by atoms with E-state index in [9.17, 15) is 9.18 Å². The second-order valence-corrected chi connectivity index (χ2v) is 11.0. The third kappa shape index (κ3) is 5.48. The molecular weight excluding hydrogens is 509 g/mol. The lowest BCUT2D eigenvalue weighted by Crippen LogP contribution is -2.56. The molecule has 0 N–H and O–H groups in total. The summed E-state index contributed by atoms with van der Waals surface area (Å²) in [6.07, 6.45) is 4.29. The van der Waals surface area contributed by atoms with Gasteiger partial charge in [-0.25, -0.2) is 11.0 Å². The van der Waals surface area contributed by atoms with E-state index in [1.54, 1.807) is 4.90 Å². The van der Waals surface area contributed by atoms with Crippen LogP contribution in [0.5, 0.6) is 6.01 Å². The van der Waals surface area contributed by atoms with Gasteiger partial charge in [0.2, 0.25) is 12.5 Å². The number of carbonyl (C=O) groups is 1. The fourth-order valence-electron chi connectivity index (χ4n) is 6.11. The average molecular weight is 548 g/mol. The Morgan fingerprint density at radius 3 is 2.73 bits per heavy atom. The third-order valence-electron chi connectivity index (χ3n) is 8.67. The van der Waals surface area contributed by atoms with Crippen molar-refractivity contribution < 1.29 is 13.9 Å². The predicted octanol–water partition coefficient (Wildman–Crippen LogP) is 3.39. The number of carbonyl (C=O) groups excluding carboxylic acids is 1. The van der Waals surface area contributed by atoms with Gasteiger partial charge in [0.1, 0.15) is 24.3 Å². The van der Waals surface area contributed by atoms with Crippen molar-refractivity contribution in [1.29, 1.82) is 0 Å². The van der Waals surface area contributed by atoms with Gasteiger partial charge in [-0.3, -0.25) is 4.79 Å². The lowest BCUT2D eigenvalue weighted by atomic mass is 10.0. The molecule has 5 rings (SSSR count). The number of likely N-dealkylation sites (N-methyl/N-ethyl adjacent to an activating group) is 1. The van der Waals surface area contributed by atoms with Gasteiger partial charge in [0.15, 0.2) is 0 Å². The monoisotopic (exact) mass is 547 g/mol. The Labute approximate surface area is 236 Å². The standard InChI is InChI=1S/C30H38FN7O2/c1-6-28(39)38-15-14-37(17-23(38)16-32-4)29-24-11-13-36(27-10-9-25(31)20(2)21(27)3)18-26(24)33-30(34-29)40-19-22-8-7-12-35(22)5/h6,9-10,22-23H,1,7-8,11-19H2,2-3,5H3/t22-,23-/m0/s1. The van der Waals surface area contributed by atoms with E-state index in [2.05, 4.69) is 33.2 Å². The minimum atomic E-state index is -0.246. The first kappa shape index (κ1) is 27.8. The van der Waals surface area contributed by atoms with E-state index in [4.69, 9.17) is 21.3 Å². The fourth-order valence-corrected chi connectivity index (χ4v) is 6.11. The summed E-state index contributed by atoms with van der Waals surface area (Å²) in [5, 5.41) is 0. The van der Waals surface area contributed by atoms with Gasteiger partial charge in [0.25, 0.3) is 0 Å². The van der Waals surface area contributed by atoms with Crippen molar-refractivity contribution in [3.63, 3.8) is 0 Å². The number of benzene rings is 1. The van der Waals surface area contributed by atoms with Crippen molar-refractivity contribution in [1.82, 2.24) is 19.8 Å². The number of amides is 1. The van der Waals surface area contributed by atoms with Crippen LogP contribution in [0.2, 0.25) is 0 Å². The first-order valence-electron chi connectivity index (χ1n) is 14.0. The number of hydrogen-bond donors (Lipinski definition) is 0. The van der Waals surface area contributed by atoms with Crippen molar-refractivity contribution in [2.24, 2.45) is 0 Å². The van der Waals surface area contributed by atoms with Gasteiger partial charge < -0.3 is 29.2 Å². The zero-order valence-electron chi connectivity index (χ0n) is 23.7. The van der Waals surface area contributed by atoms with E-state index in [-0.39, 0.29) is 24.3 Å². The minimum absolute atomic E-state index is 0.150. The molecule has 1 amide bonds. The van der Waals surface area contributed by atoms with Crippen LogP contribution in [0.3, 0.4) is 0 Å². The maximum atomic E-state index is 14.2. The van der Waals surface area contributed by atoms with Crippen LogP contribution in [0.1, 0.15) is 35.2 Å². The topological polar surface area (TPSA) is 69.4 Å². The highest BCUT2D eigenvalue weighted by molar-refractivity contribution is 5.87. The van der Waals surface area contributed by atoms with Crippen molar-refractivity contribution in [3.8, 4) is 6.01 Å². The molecule has 0 radical (unpaired) electrons. The molecule has 2 atom stereocenters. The van der Waals surface area contributed by atoms with Crippen LogP contribution in [-0.4, -0.2) is 90.7 Å². The Hall–Kier alpha value is -3.71. The van der Waals surface area contributed by atoms with E-state index in [1.165, 1.54) is 12.1 Å². The van der Waals surface area contributed by atoms with Crippen molar-refractivity contribution in [2.45, 2.75) is 51.7 Å². The van der Waals surface area contributed by atoms with E-state index in [1.807, 2.05) is 19.9 Å². The number of halogens is 1. The highest BCUT2D eigenvalue weighted by atomic mass is 19.1. The van der Waals surface area contributed by atoms with E-state index in [0.29, 0.717) is 50.4 Å². The first-order chi connectivity index (χ1) is 19.3. The Morgan fingerprint density at radius 1 is 1.18 bits per heavy atom. The van der Waals surface area contributed by atoms with Gasteiger partial charge in [-0.2, -0.15) is 9.97 Å². The largest absolute Gasteiger partial charge is 0.462 e. The van der Waals surface area contributed by atoms with Crippen molar-refractivity contribution in [2.75, 3.05) is 62.7 Å². The molecule has 0 aliphatic carbocycles. The summed E-state index contributed by atoms with van der Waals surface area (Å²) in [4.78, 5) is 34.4. The quantitative estimate of drug-likeness (QED) is 0.389. The Morgan fingerprint density at radius 2 is 2.00 bits per heavy atom. The molecule has 4 heterocycles. The number of likely N-dealkylation sites (tertiary alicyclic amines) is 1. The van der Waals surface area contributed by atoms with Gasteiger partial charge in [-0.05, 0) is 76.0 Å². The number of hydrogen-bond acceptors (Lipinski definition) is 7. The lowest BCUT2D eigenvalue weighted by Gasteiger charge is -2.41. The number of ether oxygens (including phenoxy) is 1. The van der Waals surface area contributed by atoms with Crippen molar-refractivity contribution in [3.05, 3.63) is 64.4 Å². The van der Waals surface area contributed by atoms with Gasteiger partial charge in [-0.1, -0.05) is 6.58 Å². The van der Waals surface area contributed by atoms with Gasteiger partial charge in [0, 0.05) is 43.5 Å². The van der Waals surface area contributed by atoms with Gasteiger partial charge >= 0.3 is 6.01 Å². The van der Waals surface area contributed by atoms with Gasteiger partial charge in [-0.15, -0.1) is 0 Å². The molecule has 1 aromatic heterocycles. The third-order valence-corrected chi connectivity index (χ3v) is 8.67. The summed E-state index contributed by atoms with van der Waals surface area (Å²) in [7, 11) is 2.12. The van der Waals surface area contributed by atoms with Crippen LogP contribution in [0, 0.1) is 26.2 Å². The second kappa shape index (κ2) is 11.8. The van der Waals surface area contributed by atoms with Crippen LogP contribution < -0.4 is 14.5 Å². The number of anilines is 2. The fraction of sp³-hybridized carbons (Fsp3) is 0.533. The van der Waals surface area contributed by atoms with Crippen LogP contribution in [0.25, 0.3) is 4.85 Å². The summed E-state index contributed by atoms with van der Waals surface area (Å²) in [6.45, 7) is 19.6. The Bertz CT molecular complexity index is 1330. The van der Waals surface area contributed by atoms with E-state index < -0.39 is 0 Å². The van der Waals surface area contributed by atoms with Crippen LogP contribution in [-0.2, 0) is 17.8 Å². The molecule has 0 bridgehead atoms. The molecule has 0 unspecified atom stereocenters.